The summed E-state index contributed by atoms with van der Waals surface area (Å²) in [7, 11) is 0. The maximum Gasteiger partial charge on any atom is 0.417 e. The minimum atomic E-state index is -4.65. The molecule has 0 aliphatic rings. The van der Waals surface area contributed by atoms with Crippen LogP contribution in [-0.4, -0.2) is 10.4 Å². The first kappa shape index (κ1) is 17.3. The predicted octanol–water partition coefficient (Wildman–Crippen LogP) is 4.02. The molecule has 0 amide bonds. The van der Waals surface area contributed by atoms with E-state index in [0.29, 0.717) is 28.0 Å². The average molecular weight is 344 g/mol. The van der Waals surface area contributed by atoms with Gasteiger partial charge in [0.2, 0.25) is 0 Å². The Labute approximate surface area is 135 Å². The van der Waals surface area contributed by atoms with Crippen LogP contribution in [0.15, 0.2) is 35.3 Å². The molecule has 7 heteroatoms. The Morgan fingerprint density at radius 1 is 1.22 bits per heavy atom. The van der Waals surface area contributed by atoms with Crippen molar-refractivity contribution in [1.82, 2.24) is 4.57 Å². The fourth-order valence-electron chi connectivity index (χ4n) is 2.15. The van der Waals surface area contributed by atoms with Crippen LogP contribution in [-0.2, 0) is 12.7 Å². The number of carbonyl (C=O) groups excluding carboxylic acids is 1. The summed E-state index contributed by atoms with van der Waals surface area (Å²) in [6, 6.07) is 5.75. The van der Waals surface area contributed by atoms with Crippen LogP contribution in [0.5, 0.6) is 0 Å². The zero-order valence-electron chi connectivity index (χ0n) is 12.4. The molecule has 0 aliphatic heterocycles. The normalized spacial score (nSPS) is 11.6. The molecule has 1 heterocycles. The second-order valence-electron chi connectivity index (χ2n) is 5.25. The van der Waals surface area contributed by atoms with Crippen molar-refractivity contribution < 1.29 is 18.0 Å². The van der Waals surface area contributed by atoms with Crippen LogP contribution < -0.4 is 5.56 Å². The number of nitrogens with zero attached hydrogens (tertiary/aromatic N) is 1. The number of rotatable bonds is 3. The van der Waals surface area contributed by atoms with E-state index in [9.17, 15) is 22.8 Å². The Balaban J connectivity index is 2.44. The summed E-state index contributed by atoms with van der Waals surface area (Å²) in [5.41, 5.74) is -0.0142. The predicted molar refractivity (Wildman–Crippen MR) is 81.0 cm³/mol. The van der Waals surface area contributed by atoms with Crippen LogP contribution in [0.1, 0.15) is 27.0 Å². The van der Waals surface area contributed by atoms with Crippen molar-refractivity contribution in [2.75, 3.05) is 0 Å². The zero-order chi connectivity index (χ0) is 17.4. The number of hydrogen-bond acceptors (Lipinski definition) is 2. The first-order valence-corrected chi connectivity index (χ1v) is 7.05. The van der Waals surface area contributed by atoms with Crippen molar-refractivity contribution in [2.45, 2.75) is 26.6 Å². The molecule has 2 aromatic rings. The lowest BCUT2D eigenvalue weighted by Gasteiger charge is -2.12. The topological polar surface area (TPSA) is 39.1 Å². The maximum absolute atomic E-state index is 12.8. The van der Waals surface area contributed by atoms with Crippen molar-refractivity contribution in [3.05, 3.63) is 68.1 Å². The lowest BCUT2D eigenvalue weighted by molar-refractivity contribution is -0.138. The number of Topliss-reactive ketones (excluding diaryl/α,β-unsaturated/α-hetero) is 1. The second kappa shape index (κ2) is 6.20. The second-order valence-corrected chi connectivity index (χ2v) is 5.66. The monoisotopic (exact) mass is 343 g/mol. The van der Waals surface area contributed by atoms with Gasteiger partial charge in [-0.3, -0.25) is 9.59 Å². The summed E-state index contributed by atoms with van der Waals surface area (Å²) in [4.78, 5) is 24.2. The van der Waals surface area contributed by atoms with Gasteiger partial charge in [0.1, 0.15) is 5.02 Å². The maximum atomic E-state index is 12.8. The molecule has 0 unspecified atom stereocenters. The minimum Gasteiger partial charge on any atom is -0.306 e. The standard InChI is InChI=1S/C16H13ClF3NO2/c1-9-3-4-10(2)12(5-9)14(22)8-21-7-11(16(18,19)20)6-13(17)15(21)23/h3-7H,8H2,1-2H3. The summed E-state index contributed by atoms with van der Waals surface area (Å²) >= 11 is 5.57. The van der Waals surface area contributed by atoms with Gasteiger partial charge in [-0.1, -0.05) is 29.3 Å². The molecular weight excluding hydrogens is 331 g/mol. The number of aromatic nitrogens is 1. The Morgan fingerprint density at radius 3 is 2.48 bits per heavy atom. The van der Waals surface area contributed by atoms with Gasteiger partial charge < -0.3 is 4.57 Å². The lowest BCUT2D eigenvalue weighted by atomic mass is 10.0. The fourth-order valence-corrected chi connectivity index (χ4v) is 2.37. The highest BCUT2D eigenvalue weighted by Crippen LogP contribution is 2.29. The van der Waals surface area contributed by atoms with E-state index in [0.717, 1.165) is 5.56 Å². The number of alkyl halides is 3. The van der Waals surface area contributed by atoms with E-state index in [-0.39, 0.29) is 0 Å². The Morgan fingerprint density at radius 2 is 1.87 bits per heavy atom. The summed E-state index contributed by atoms with van der Waals surface area (Å²) in [5.74, 6) is -0.455. The highest BCUT2D eigenvalue weighted by atomic mass is 35.5. The Bertz CT molecular complexity index is 825. The number of hydrogen-bond donors (Lipinski definition) is 0. The third kappa shape index (κ3) is 3.82. The number of aryl methyl sites for hydroxylation is 2. The molecule has 2 rings (SSSR count). The largest absolute Gasteiger partial charge is 0.417 e. The molecule has 122 valence electrons. The quantitative estimate of drug-likeness (QED) is 0.790. The van der Waals surface area contributed by atoms with Crippen molar-refractivity contribution in [3.63, 3.8) is 0 Å². The van der Waals surface area contributed by atoms with E-state index >= 15 is 0 Å². The van der Waals surface area contributed by atoms with Crippen LogP contribution in [0.3, 0.4) is 0 Å². The molecule has 0 bridgehead atoms. The van der Waals surface area contributed by atoms with Crippen LogP contribution in [0.25, 0.3) is 0 Å². The van der Waals surface area contributed by atoms with Crippen molar-refractivity contribution in [2.24, 2.45) is 0 Å². The third-order valence-electron chi connectivity index (χ3n) is 3.38. The first-order valence-electron chi connectivity index (χ1n) is 6.67. The molecule has 1 aromatic carbocycles. The molecule has 3 nitrogen and oxygen atoms in total. The zero-order valence-corrected chi connectivity index (χ0v) is 13.1. The van der Waals surface area contributed by atoms with Gasteiger partial charge in [-0.25, -0.2) is 0 Å². The van der Waals surface area contributed by atoms with Crippen LogP contribution in [0.4, 0.5) is 13.2 Å². The molecule has 0 saturated carbocycles. The molecule has 0 radical (unpaired) electrons. The molecular formula is C16H13ClF3NO2. The number of benzene rings is 1. The fraction of sp³-hybridized carbons (Fsp3) is 0.250. The van der Waals surface area contributed by atoms with Crippen LogP contribution in [0, 0.1) is 13.8 Å². The molecule has 0 fully saturated rings. The Hall–Kier alpha value is -2.08. The van der Waals surface area contributed by atoms with Crippen LogP contribution in [0.2, 0.25) is 5.02 Å². The van der Waals surface area contributed by atoms with Gasteiger partial charge >= 0.3 is 6.18 Å². The minimum absolute atomic E-state index is 0.366. The van der Waals surface area contributed by atoms with E-state index in [2.05, 4.69) is 0 Å². The molecule has 0 aliphatic carbocycles. The highest BCUT2D eigenvalue weighted by Gasteiger charge is 2.32. The average Bonchev–Trinajstić information content (AvgIpc) is 2.45. The molecule has 0 N–H and O–H groups in total. The highest BCUT2D eigenvalue weighted by molar-refractivity contribution is 6.30. The first-order chi connectivity index (χ1) is 10.6. The molecule has 0 atom stereocenters. The van der Waals surface area contributed by atoms with Crippen molar-refractivity contribution >= 4 is 17.4 Å². The van der Waals surface area contributed by atoms with Gasteiger partial charge in [0.25, 0.3) is 5.56 Å². The van der Waals surface area contributed by atoms with Gasteiger partial charge in [-0.05, 0) is 31.5 Å². The number of pyridine rings is 1. The number of carbonyl (C=O) groups is 1. The Kier molecular flexibility index (Phi) is 4.66. The van der Waals surface area contributed by atoms with E-state index < -0.39 is 34.6 Å². The molecule has 1 aromatic heterocycles. The molecule has 0 spiro atoms. The summed E-state index contributed by atoms with van der Waals surface area (Å²) < 4.78 is 39.1. The molecule has 23 heavy (non-hydrogen) atoms. The van der Waals surface area contributed by atoms with Gasteiger partial charge in [0.15, 0.2) is 5.78 Å². The van der Waals surface area contributed by atoms with Gasteiger partial charge in [-0.2, -0.15) is 13.2 Å². The summed E-state index contributed by atoms with van der Waals surface area (Å²) in [6.45, 7) is 3.00. The SMILES string of the molecule is Cc1ccc(C)c(C(=O)Cn2cc(C(F)(F)F)cc(Cl)c2=O)c1. The van der Waals surface area contributed by atoms with E-state index in [4.69, 9.17) is 11.6 Å². The summed E-state index contributed by atoms with van der Waals surface area (Å²) in [5, 5.41) is -0.575. The van der Waals surface area contributed by atoms with E-state index in [1.165, 1.54) is 0 Å². The third-order valence-corrected chi connectivity index (χ3v) is 3.65. The van der Waals surface area contributed by atoms with E-state index in [1.807, 2.05) is 6.07 Å². The van der Waals surface area contributed by atoms with E-state index in [1.54, 1.807) is 26.0 Å². The van der Waals surface area contributed by atoms with Gasteiger partial charge in [0.05, 0.1) is 12.1 Å². The van der Waals surface area contributed by atoms with Crippen LogP contribution >= 0.6 is 11.6 Å². The summed E-state index contributed by atoms with van der Waals surface area (Å²) in [6.07, 6.45) is -4.04. The lowest BCUT2D eigenvalue weighted by Crippen LogP contribution is -2.26. The number of ketones is 1. The van der Waals surface area contributed by atoms with Gasteiger partial charge in [0, 0.05) is 11.8 Å². The molecule has 0 saturated heterocycles. The number of halogens is 4. The van der Waals surface area contributed by atoms with Crippen molar-refractivity contribution in [3.8, 4) is 0 Å². The van der Waals surface area contributed by atoms with Crippen molar-refractivity contribution in [1.29, 1.82) is 0 Å². The van der Waals surface area contributed by atoms with Gasteiger partial charge in [-0.15, -0.1) is 0 Å². The smallest absolute Gasteiger partial charge is 0.306 e.